The number of carbonyl (C=O) groups excluding carboxylic acids is 1. The predicted molar refractivity (Wildman–Crippen MR) is 85.0 cm³/mol. The molecule has 0 saturated heterocycles. The van der Waals surface area contributed by atoms with Crippen LogP contribution in [0.5, 0.6) is 0 Å². The maximum Gasteiger partial charge on any atom is 0.323 e. The van der Waals surface area contributed by atoms with Crippen LogP contribution in [0.4, 0.5) is 16.2 Å². The summed E-state index contributed by atoms with van der Waals surface area (Å²) in [5, 5.41) is 6.20. The van der Waals surface area contributed by atoms with Crippen LogP contribution in [-0.4, -0.2) is 6.03 Å². The number of hydrogen-bond donors (Lipinski definition) is 2. The molecule has 2 N–H and O–H groups in total. The molecule has 5 heteroatoms. The van der Waals surface area contributed by atoms with E-state index in [0.717, 1.165) is 16.8 Å². The second-order valence-electron chi connectivity index (χ2n) is 4.43. The topological polar surface area (TPSA) is 41.1 Å². The van der Waals surface area contributed by atoms with Gasteiger partial charge in [-0.15, -0.1) is 0 Å². The fourth-order valence-electron chi connectivity index (χ4n) is 1.76. The number of benzene rings is 2. The average molecular weight is 309 g/mol. The summed E-state index contributed by atoms with van der Waals surface area (Å²) in [7, 11) is 0. The lowest BCUT2D eigenvalue weighted by Crippen LogP contribution is -2.20. The van der Waals surface area contributed by atoms with Gasteiger partial charge in [0, 0.05) is 5.69 Å². The minimum Gasteiger partial charge on any atom is -0.307 e. The quantitative estimate of drug-likeness (QED) is 0.781. The zero-order valence-electron chi connectivity index (χ0n) is 11.1. The Morgan fingerprint density at radius 3 is 2.30 bits per heavy atom. The van der Waals surface area contributed by atoms with Crippen molar-refractivity contribution in [1.29, 1.82) is 0 Å². The van der Waals surface area contributed by atoms with Gasteiger partial charge in [0.05, 0.1) is 15.7 Å². The second kappa shape index (κ2) is 6.16. The van der Waals surface area contributed by atoms with Gasteiger partial charge in [0.25, 0.3) is 0 Å². The molecule has 20 heavy (non-hydrogen) atoms. The third-order valence-electron chi connectivity index (χ3n) is 3.05. The Bertz CT molecular complexity index is 601. The van der Waals surface area contributed by atoms with E-state index < -0.39 is 0 Å². The molecule has 0 atom stereocenters. The smallest absolute Gasteiger partial charge is 0.307 e. The van der Waals surface area contributed by atoms with Gasteiger partial charge in [0.1, 0.15) is 0 Å². The van der Waals surface area contributed by atoms with Crippen molar-refractivity contribution in [1.82, 2.24) is 0 Å². The molecule has 2 amide bonds. The molecule has 0 heterocycles. The first kappa shape index (κ1) is 14.7. The van der Waals surface area contributed by atoms with Gasteiger partial charge in [-0.1, -0.05) is 41.4 Å². The predicted octanol–water partition coefficient (Wildman–Crippen LogP) is 5.25. The lowest BCUT2D eigenvalue weighted by molar-refractivity contribution is 0.262. The molecule has 3 nitrogen and oxygen atoms in total. The maximum atomic E-state index is 12.0. The van der Waals surface area contributed by atoms with Crippen molar-refractivity contribution in [2.45, 2.75) is 13.8 Å². The van der Waals surface area contributed by atoms with Gasteiger partial charge < -0.3 is 10.6 Å². The van der Waals surface area contributed by atoms with Crippen LogP contribution in [0.1, 0.15) is 11.1 Å². The van der Waals surface area contributed by atoms with E-state index in [2.05, 4.69) is 10.6 Å². The zero-order chi connectivity index (χ0) is 14.7. The number of aryl methyl sites for hydroxylation is 1. The Morgan fingerprint density at radius 1 is 0.950 bits per heavy atom. The van der Waals surface area contributed by atoms with E-state index >= 15 is 0 Å². The van der Waals surface area contributed by atoms with Gasteiger partial charge in [0.2, 0.25) is 0 Å². The number of urea groups is 1. The summed E-state index contributed by atoms with van der Waals surface area (Å²) >= 11 is 11.9. The molecule has 0 aliphatic heterocycles. The van der Waals surface area contributed by atoms with Gasteiger partial charge in [-0.05, 0) is 43.2 Å². The van der Waals surface area contributed by atoms with Crippen molar-refractivity contribution in [3.8, 4) is 0 Å². The molecule has 0 unspecified atom stereocenters. The standard InChI is InChI=1S/C15H14Cl2N2O/c1-9-5-3-7-12(10(9)2)18-15(20)19-13-8-4-6-11(16)14(13)17/h3-8H,1-2H3,(H2,18,19,20). The molecule has 0 bridgehead atoms. The van der Waals surface area contributed by atoms with E-state index in [9.17, 15) is 4.79 Å². The first-order valence-corrected chi connectivity index (χ1v) is 6.83. The van der Waals surface area contributed by atoms with Crippen molar-refractivity contribution < 1.29 is 4.79 Å². The third-order valence-corrected chi connectivity index (χ3v) is 3.87. The minimum atomic E-state index is -0.358. The summed E-state index contributed by atoms with van der Waals surface area (Å²) in [5.41, 5.74) is 3.38. The Kier molecular flexibility index (Phi) is 4.53. The zero-order valence-corrected chi connectivity index (χ0v) is 12.6. The summed E-state index contributed by atoms with van der Waals surface area (Å²) < 4.78 is 0. The number of anilines is 2. The van der Waals surface area contributed by atoms with E-state index in [1.807, 2.05) is 32.0 Å². The fourth-order valence-corrected chi connectivity index (χ4v) is 2.11. The summed E-state index contributed by atoms with van der Waals surface area (Å²) in [6.07, 6.45) is 0. The molecule has 2 aromatic carbocycles. The van der Waals surface area contributed by atoms with Crippen LogP contribution in [0.3, 0.4) is 0 Å². The molecule has 104 valence electrons. The minimum absolute atomic E-state index is 0.324. The SMILES string of the molecule is Cc1cccc(NC(=O)Nc2cccc(Cl)c2Cl)c1C. The summed E-state index contributed by atoms with van der Waals surface area (Å²) in [4.78, 5) is 12.0. The Hall–Kier alpha value is -1.71. The van der Waals surface area contributed by atoms with Gasteiger partial charge in [0.15, 0.2) is 0 Å². The van der Waals surface area contributed by atoms with Crippen LogP contribution >= 0.6 is 23.2 Å². The molecule has 0 aliphatic carbocycles. The monoisotopic (exact) mass is 308 g/mol. The number of hydrogen-bond acceptors (Lipinski definition) is 1. The molecule has 2 aromatic rings. The first-order valence-electron chi connectivity index (χ1n) is 6.07. The van der Waals surface area contributed by atoms with E-state index in [-0.39, 0.29) is 6.03 Å². The van der Waals surface area contributed by atoms with E-state index in [4.69, 9.17) is 23.2 Å². The average Bonchev–Trinajstić information content (AvgIpc) is 2.40. The number of halogens is 2. The van der Waals surface area contributed by atoms with Crippen molar-refractivity contribution >= 4 is 40.6 Å². The fraction of sp³-hybridized carbons (Fsp3) is 0.133. The molecule has 0 radical (unpaired) electrons. The number of amides is 2. The molecule has 0 aromatic heterocycles. The summed E-state index contributed by atoms with van der Waals surface area (Å²) in [6.45, 7) is 3.95. The van der Waals surface area contributed by atoms with Crippen molar-refractivity contribution in [2.75, 3.05) is 10.6 Å². The second-order valence-corrected chi connectivity index (χ2v) is 5.21. The molecule has 2 rings (SSSR count). The van der Waals surface area contributed by atoms with Crippen molar-refractivity contribution in [3.63, 3.8) is 0 Å². The molecule has 0 aliphatic rings. The Labute approximate surface area is 127 Å². The van der Waals surface area contributed by atoms with Gasteiger partial charge in [-0.25, -0.2) is 4.79 Å². The van der Waals surface area contributed by atoms with Crippen molar-refractivity contribution in [3.05, 3.63) is 57.6 Å². The molecule has 0 spiro atoms. The molecular weight excluding hydrogens is 295 g/mol. The van der Waals surface area contributed by atoms with E-state index in [1.54, 1.807) is 18.2 Å². The van der Waals surface area contributed by atoms with Crippen LogP contribution in [-0.2, 0) is 0 Å². The molecule has 0 fully saturated rings. The van der Waals surface area contributed by atoms with Crippen LogP contribution < -0.4 is 10.6 Å². The number of carbonyl (C=O) groups is 1. The Morgan fingerprint density at radius 2 is 1.55 bits per heavy atom. The highest BCUT2D eigenvalue weighted by Crippen LogP contribution is 2.29. The highest BCUT2D eigenvalue weighted by molar-refractivity contribution is 6.44. The van der Waals surface area contributed by atoms with E-state index in [0.29, 0.717) is 15.7 Å². The molecular formula is C15H14Cl2N2O. The van der Waals surface area contributed by atoms with Crippen molar-refractivity contribution in [2.24, 2.45) is 0 Å². The van der Waals surface area contributed by atoms with Gasteiger partial charge in [-0.2, -0.15) is 0 Å². The number of rotatable bonds is 2. The lowest BCUT2D eigenvalue weighted by Gasteiger charge is -2.12. The highest BCUT2D eigenvalue weighted by atomic mass is 35.5. The lowest BCUT2D eigenvalue weighted by atomic mass is 10.1. The summed E-state index contributed by atoms with van der Waals surface area (Å²) in [5.74, 6) is 0. The van der Waals surface area contributed by atoms with E-state index in [1.165, 1.54) is 0 Å². The van der Waals surface area contributed by atoms with Crippen LogP contribution in [0.25, 0.3) is 0 Å². The largest absolute Gasteiger partial charge is 0.323 e. The Balaban J connectivity index is 2.13. The number of nitrogens with one attached hydrogen (secondary N) is 2. The van der Waals surface area contributed by atoms with Crippen LogP contribution in [0.15, 0.2) is 36.4 Å². The normalized spacial score (nSPS) is 10.2. The highest BCUT2D eigenvalue weighted by Gasteiger charge is 2.09. The van der Waals surface area contributed by atoms with Crippen LogP contribution in [0, 0.1) is 13.8 Å². The van der Waals surface area contributed by atoms with Crippen LogP contribution in [0.2, 0.25) is 10.0 Å². The maximum absolute atomic E-state index is 12.0. The van der Waals surface area contributed by atoms with Gasteiger partial charge in [-0.3, -0.25) is 0 Å². The summed E-state index contributed by atoms with van der Waals surface area (Å²) in [6, 6.07) is 10.5. The molecule has 0 saturated carbocycles. The van der Waals surface area contributed by atoms with Gasteiger partial charge >= 0.3 is 6.03 Å². The third kappa shape index (κ3) is 3.24. The first-order chi connectivity index (χ1) is 9.49.